The largest absolute Gasteiger partial charge is 0.381 e. The first kappa shape index (κ1) is 10.2. The standard InChI is InChI=1S/C11H14ClNS/c12-9-3-5-10(6-4-9)13-11-2-1-7-14-8-11/h3-6,11,13H,1-2,7-8H2. The van der Waals surface area contributed by atoms with E-state index in [1.807, 2.05) is 36.0 Å². The highest BCUT2D eigenvalue weighted by molar-refractivity contribution is 7.99. The summed E-state index contributed by atoms with van der Waals surface area (Å²) in [5.74, 6) is 2.54. The van der Waals surface area contributed by atoms with Gasteiger partial charge in [0.25, 0.3) is 0 Å². The highest BCUT2D eigenvalue weighted by atomic mass is 35.5. The number of nitrogens with one attached hydrogen (secondary N) is 1. The van der Waals surface area contributed by atoms with Crippen molar-refractivity contribution in [2.75, 3.05) is 16.8 Å². The van der Waals surface area contributed by atoms with E-state index in [-0.39, 0.29) is 0 Å². The van der Waals surface area contributed by atoms with Crippen LogP contribution in [0.2, 0.25) is 5.02 Å². The minimum absolute atomic E-state index is 0.634. The molecule has 3 heteroatoms. The molecule has 1 nitrogen and oxygen atoms in total. The number of benzene rings is 1. The maximum Gasteiger partial charge on any atom is 0.0407 e. The molecule has 1 saturated heterocycles. The van der Waals surface area contributed by atoms with Crippen molar-refractivity contribution in [1.29, 1.82) is 0 Å². The summed E-state index contributed by atoms with van der Waals surface area (Å²) < 4.78 is 0. The smallest absolute Gasteiger partial charge is 0.0407 e. The topological polar surface area (TPSA) is 12.0 Å². The van der Waals surface area contributed by atoms with Crippen LogP contribution in [0.15, 0.2) is 24.3 Å². The van der Waals surface area contributed by atoms with Crippen molar-refractivity contribution >= 4 is 29.1 Å². The fourth-order valence-electron chi connectivity index (χ4n) is 1.64. The van der Waals surface area contributed by atoms with Gasteiger partial charge in [-0.15, -0.1) is 0 Å². The summed E-state index contributed by atoms with van der Waals surface area (Å²) in [4.78, 5) is 0. The highest BCUT2D eigenvalue weighted by Gasteiger charge is 2.12. The molecule has 1 N–H and O–H groups in total. The number of halogens is 1. The minimum Gasteiger partial charge on any atom is -0.381 e. The van der Waals surface area contributed by atoms with Crippen LogP contribution < -0.4 is 5.32 Å². The van der Waals surface area contributed by atoms with Crippen molar-refractivity contribution in [2.45, 2.75) is 18.9 Å². The van der Waals surface area contributed by atoms with Crippen molar-refractivity contribution in [1.82, 2.24) is 0 Å². The lowest BCUT2D eigenvalue weighted by Gasteiger charge is -2.23. The molecule has 0 spiro atoms. The van der Waals surface area contributed by atoms with Gasteiger partial charge in [-0.1, -0.05) is 11.6 Å². The number of rotatable bonds is 2. The summed E-state index contributed by atoms with van der Waals surface area (Å²) in [6.45, 7) is 0. The van der Waals surface area contributed by atoms with Gasteiger partial charge in [0.2, 0.25) is 0 Å². The first-order valence-corrected chi connectivity index (χ1v) is 6.48. The molecule has 0 bridgehead atoms. The van der Waals surface area contributed by atoms with E-state index in [0.717, 1.165) is 5.02 Å². The van der Waals surface area contributed by atoms with Crippen molar-refractivity contribution in [3.8, 4) is 0 Å². The Labute approximate surface area is 94.2 Å². The monoisotopic (exact) mass is 227 g/mol. The minimum atomic E-state index is 0.634. The second kappa shape index (κ2) is 4.94. The van der Waals surface area contributed by atoms with Gasteiger partial charge in [-0.25, -0.2) is 0 Å². The van der Waals surface area contributed by atoms with Gasteiger partial charge >= 0.3 is 0 Å². The Morgan fingerprint density at radius 1 is 1.29 bits per heavy atom. The third kappa shape index (κ3) is 2.82. The molecule has 2 rings (SSSR count). The van der Waals surface area contributed by atoms with Crippen molar-refractivity contribution in [2.24, 2.45) is 0 Å². The molecule has 14 heavy (non-hydrogen) atoms. The van der Waals surface area contributed by atoms with Gasteiger partial charge in [-0.3, -0.25) is 0 Å². The van der Waals surface area contributed by atoms with Crippen molar-refractivity contribution < 1.29 is 0 Å². The SMILES string of the molecule is Clc1ccc(NC2CCCSC2)cc1. The Hall–Kier alpha value is -0.340. The van der Waals surface area contributed by atoms with Gasteiger partial charge in [-0.2, -0.15) is 11.8 Å². The van der Waals surface area contributed by atoms with E-state index in [2.05, 4.69) is 5.32 Å². The third-order valence-corrected chi connectivity index (χ3v) is 3.84. The van der Waals surface area contributed by atoms with Crippen LogP contribution in [-0.2, 0) is 0 Å². The van der Waals surface area contributed by atoms with Crippen LogP contribution in [0, 0.1) is 0 Å². The molecule has 1 fully saturated rings. The molecule has 0 aliphatic carbocycles. The lowest BCUT2D eigenvalue weighted by atomic mass is 10.2. The molecule has 0 saturated carbocycles. The van der Waals surface area contributed by atoms with Gasteiger partial charge in [0.1, 0.15) is 0 Å². The summed E-state index contributed by atoms with van der Waals surface area (Å²) in [5.41, 5.74) is 1.18. The van der Waals surface area contributed by atoms with E-state index in [9.17, 15) is 0 Å². The number of hydrogen-bond donors (Lipinski definition) is 1. The first-order valence-electron chi connectivity index (χ1n) is 4.94. The molecule has 1 aliphatic rings. The van der Waals surface area contributed by atoms with Crippen molar-refractivity contribution in [3.05, 3.63) is 29.3 Å². The summed E-state index contributed by atoms with van der Waals surface area (Å²) >= 11 is 7.86. The Kier molecular flexibility index (Phi) is 3.60. The Morgan fingerprint density at radius 2 is 2.07 bits per heavy atom. The van der Waals surface area contributed by atoms with Crippen LogP contribution in [0.25, 0.3) is 0 Å². The van der Waals surface area contributed by atoms with Gasteiger partial charge < -0.3 is 5.32 Å². The van der Waals surface area contributed by atoms with Crippen LogP contribution >= 0.6 is 23.4 Å². The second-order valence-electron chi connectivity index (χ2n) is 3.57. The molecule has 0 amide bonds. The lowest BCUT2D eigenvalue weighted by molar-refractivity contribution is 0.685. The van der Waals surface area contributed by atoms with Crippen LogP contribution in [0.5, 0.6) is 0 Å². The Bertz CT molecular complexity index is 280. The van der Waals surface area contributed by atoms with Crippen LogP contribution in [0.3, 0.4) is 0 Å². The highest BCUT2D eigenvalue weighted by Crippen LogP contribution is 2.21. The fraction of sp³-hybridized carbons (Fsp3) is 0.455. The second-order valence-corrected chi connectivity index (χ2v) is 5.15. The number of thioether (sulfide) groups is 1. The van der Waals surface area contributed by atoms with Gasteiger partial charge in [0.05, 0.1) is 0 Å². The van der Waals surface area contributed by atoms with Crippen LogP contribution in [-0.4, -0.2) is 17.5 Å². The average Bonchev–Trinajstić information content (AvgIpc) is 2.23. The van der Waals surface area contributed by atoms with E-state index >= 15 is 0 Å². The zero-order chi connectivity index (χ0) is 9.80. The molecule has 1 atom stereocenters. The van der Waals surface area contributed by atoms with Crippen molar-refractivity contribution in [3.63, 3.8) is 0 Å². The van der Waals surface area contributed by atoms with E-state index in [1.165, 1.54) is 30.0 Å². The zero-order valence-electron chi connectivity index (χ0n) is 8.00. The zero-order valence-corrected chi connectivity index (χ0v) is 9.57. The summed E-state index contributed by atoms with van der Waals surface area (Å²) in [7, 11) is 0. The van der Waals surface area contributed by atoms with Gasteiger partial charge in [0.15, 0.2) is 0 Å². The molecule has 1 unspecified atom stereocenters. The molecular formula is C11H14ClNS. The van der Waals surface area contributed by atoms with Gasteiger partial charge in [0, 0.05) is 22.5 Å². The Balaban J connectivity index is 1.92. The predicted molar refractivity (Wildman–Crippen MR) is 65.4 cm³/mol. The van der Waals surface area contributed by atoms with Crippen LogP contribution in [0.1, 0.15) is 12.8 Å². The summed E-state index contributed by atoms with van der Waals surface area (Å²) in [6, 6.07) is 8.58. The van der Waals surface area contributed by atoms with E-state index in [0.29, 0.717) is 6.04 Å². The molecule has 1 aromatic carbocycles. The fourth-order valence-corrected chi connectivity index (χ4v) is 2.83. The maximum atomic E-state index is 5.82. The molecule has 1 heterocycles. The molecule has 76 valence electrons. The maximum absolute atomic E-state index is 5.82. The molecule has 0 radical (unpaired) electrons. The van der Waals surface area contributed by atoms with E-state index in [4.69, 9.17) is 11.6 Å². The summed E-state index contributed by atoms with van der Waals surface area (Å²) in [5, 5.41) is 4.33. The summed E-state index contributed by atoms with van der Waals surface area (Å²) in [6.07, 6.45) is 2.62. The predicted octanol–water partition coefficient (Wildman–Crippen LogP) is 3.65. The number of hydrogen-bond acceptors (Lipinski definition) is 2. The first-order chi connectivity index (χ1) is 6.84. The van der Waals surface area contributed by atoms with Crippen LogP contribution in [0.4, 0.5) is 5.69 Å². The Morgan fingerprint density at radius 3 is 2.71 bits per heavy atom. The molecule has 1 aromatic rings. The molecular weight excluding hydrogens is 214 g/mol. The molecule has 0 aromatic heterocycles. The lowest BCUT2D eigenvalue weighted by Crippen LogP contribution is -2.25. The molecule has 1 aliphatic heterocycles. The number of anilines is 1. The van der Waals surface area contributed by atoms with E-state index < -0.39 is 0 Å². The normalized spacial score (nSPS) is 21.9. The van der Waals surface area contributed by atoms with Gasteiger partial charge in [-0.05, 0) is 42.9 Å². The third-order valence-electron chi connectivity index (χ3n) is 2.38. The van der Waals surface area contributed by atoms with E-state index in [1.54, 1.807) is 0 Å². The quantitative estimate of drug-likeness (QED) is 0.828. The average molecular weight is 228 g/mol.